The van der Waals surface area contributed by atoms with Gasteiger partial charge in [-0.25, -0.2) is 9.59 Å². The molecular weight excluding hydrogens is 314 g/mol. The number of nitrogens with one attached hydrogen (secondary N) is 1. The summed E-state index contributed by atoms with van der Waals surface area (Å²) in [6.45, 7) is 5.85. The van der Waals surface area contributed by atoms with Crippen molar-refractivity contribution in [1.29, 1.82) is 0 Å². The van der Waals surface area contributed by atoms with Gasteiger partial charge in [0.15, 0.2) is 0 Å². The largest absolute Gasteiger partial charge is 0.478 e. The molecule has 0 heterocycles. The number of esters is 1. The van der Waals surface area contributed by atoms with Gasteiger partial charge in [0.1, 0.15) is 13.2 Å². The molecule has 1 amide bonds. The lowest BCUT2D eigenvalue weighted by molar-refractivity contribution is -0.189. The molecule has 0 radical (unpaired) electrons. The number of carboxylic acid groups (broad SMARTS) is 1. The van der Waals surface area contributed by atoms with Crippen molar-refractivity contribution in [2.75, 3.05) is 6.54 Å². The number of carbonyl (C=O) groups excluding carboxylic acids is 2. The SMILES string of the molecule is CC(C)(C)[C@@](C)(OC(=O)CNC(=O)OCc1ccccc1)C(=O)O. The minimum absolute atomic E-state index is 0.0660. The van der Waals surface area contributed by atoms with Gasteiger partial charge in [-0.2, -0.15) is 0 Å². The smallest absolute Gasteiger partial charge is 0.407 e. The van der Waals surface area contributed by atoms with Crippen molar-refractivity contribution in [3.63, 3.8) is 0 Å². The lowest BCUT2D eigenvalue weighted by Crippen LogP contribution is -2.52. The Morgan fingerprint density at radius 2 is 1.67 bits per heavy atom. The van der Waals surface area contributed by atoms with E-state index in [1.54, 1.807) is 32.9 Å². The molecule has 1 atom stereocenters. The first-order valence-electron chi connectivity index (χ1n) is 7.46. The first-order chi connectivity index (χ1) is 11.1. The van der Waals surface area contributed by atoms with Gasteiger partial charge in [0.2, 0.25) is 5.60 Å². The summed E-state index contributed by atoms with van der Waals surface area (Å²) in [5.74, 6) is -2.11. The molecule has 0 spiro atoms. The molecule has 1 rings (SSSR count). The summed E-state index contributed by atoms with van der Waals surface area (Å²) in [5, 5.41) is 11.6. The molecule has 0 aliphatic rings. The summed E-state index contributed by atoms with van der Waals surface area (Å²) >= 11 is 0. The molecule has 132 valence electrons. The minimum atomic E-state index is -1.71. The van der Waals surface area contributed by atoms with Crippen molar-refractivity contribution in [3.8, 4) is 0 Å². The molecule has 7 heteroatoms. The van der Waals surface area contributed by atoms with Gasteiger partial charge in [0.05, 0.1) is 0 Å². The standard InChI is InChI=1S/C17H23NO6/c1-16(2,3)17(4,14(20)21)24-13(19)10-18-15(22)23-11-12-8-6-5-7-9-12/h5-9H,10-11H2,1-4H3,(H,18,22)(H,20,21)/t17-/m0/s1. The zero-order chi connectivity index (χ0) is 18.4. The van der Waals surface area contributed by atoms with E-state index >= 15 is 0 Å². The molecule has 7 nitrogen and oxygen atoms in total. The topological polar surface area (TPSA) is 102 Å². The Balaban J connectivity index is 2.47. The van der Waals surface area contributed by atoms with Crippen molar-refractivity contribution in [2.45, 2.75) is 39.9 Å². The van der Waals surface area contributed by atoms with Crippen molar-refractivity contribution in [3.05, 3.63) is 35.9 Å². The van der Waals surface area contributed by atoms with E-state index in [0.29, 0.717) is 0 Å². The maximum absolute atomic E-state index is 11.8. The number of benzene rings is 1. The van der Waals surface area contributed by atoms with Crippen LogP contribution >= 0.6 is 0 Å². The Morgan fingerprint density at radius 1 is 1.08 bits per heavy atom. The number of rotatable bonds is 6. The summed E-state index contributed by atoms with van der Waals surface area (Å²) in [6, 6.07) is 9.06. The van der Waals surface area contributed by atoms with Crippen LogP contribution in [0.3, 0.4) is 0 Å². The molecule has 24 heavy (non-hydrogen) atoms. The molecule has 0 aliphatic heterocycles. The predicted octanol–water partition coefficient (Wildman–Crippen LogP) is 2.35. The highest BCUT2D eigenvalue weighted by molar-refractivity contribution is 5.84. The van der Waals surface area contributed by atoms with Crippen LogP contribution in [0.1, 0.15) is 33.3 Å². The molecular formula is C17H23NO6. The van der Waals surface area contributed by atoms with Gasteiger partial charge >= 0.3 is 18.0 Å². The summed E-state index contributed by atoms with van der Waals surface area (Å²) in [5.41, 5.74) is -1.72. The van der Waals surface area contributed by atoms with Crippen LogP contribution in [0.15, 0.2) is 30.3 Å². The van der Waals surface area contributed by atoms with Crippen LogP contribution in [0.5, 0.6) is 0 Å². The van der Waals surface area contributed by atoms with Crippen molar-refractivity contribution >= 4 is 18.0 Å². The molecule has 2 N–H and O–H groups in total. The molecule has 1 aromatic carbocycles. The number of hydrogen-bond acceptors (Lipinski definition) is 5. The van der Waals surface area contributed by atoms with Gasteiger partial charge in [-0.05, 0) is 12.5 Å². The average Bonchev–Trinajstić information content (AvgIpc) is 2.50. The fourth-order valence-corrected chi connectivity index (χ4v) is 1.70. The monoisotopic (exact) mass is 337 g/mol. The fraction of sp³-hybridized carbons (Fsp3) is 0.471. The molecule has 0 bridgehead atoms. The summed E-state index contributed by atoms with van der Waals surface area (Å²) in [6.07, 6.45) is -0.788. The number of ether oxygens (including phenoxy) is 2. The second-order valence-electron chi connectivity index (χ2n) is 6.48. The average molecular weight is 337 g/mol. The van der Waals surface area contributed by atoms with Crippen LogP contribution in [-0.2, 0) is 25.7 Å². The number of hydrogen-bond donors (Lipinski definition) is 2. The van der Waals surface area contributed by atoms with Gasteiger partial charge in [-0.15, -0.1) is 0 Å². The zero-order valence-corrected chi connectivity index (χ0v) is 14.3. The molecule has 0 aliphatic carbocycles. The fourth-order valence-electron chi connectivity index (χ4n) is 1.70. The second kappa shape index (κ2) is 7.81. The first kappa shape index (κ1) is 19.5. The van der Waals surface area contributed by atoms with E-state index in [1.165, 1.54) is 6.92 Å². The number of carboxylic acids is 1. The van der Waals surface area contributed by atoms with Crippen molar-refractivity contribution in [1.82, 2.24) is 5.32 Å². The number of aliphatic carboxylic acids is 1. The normalized spacial score (nSPS) is 13.5. The Kier molecular flexibility index (Phi) is 6.34. The van der Waals surface area contributed by atoms with Gasteiger partial charge in [-0.1, -0.05) is 51.1 Å². The van der Waals surface area contributed by atoms with E-state index in [4.69, 9.17) is 9.47 Å². The second-order valence-corrected chi connectivity index (χ2v) is 6.48. The predicted molar refractivity (Wildman–Crippen MR) is 86.2 cm³/mol. The van der Waals surface area contributed by atoms with Gasteiger partial charge in [-0.3, -0.25) is 4.79 Å². The van der Waals surface area contributed by atoms with Crippen molar-refractivity contribution < 1.29 is 29.0 Å². The lowest BCUT2D eigenvalue weighted by Gasteiger charge is -2.37. The van der Waals surface area contributed by atoms with E-state index in [0.717, 1.165) is 5.56 Å². The number of alkyl carbamates (subject to hydrolysis) is 1. The maximum Gasteiger partial charge on any atom is 0.407 e. The van der Waals surface area contributed by atoms with Crippen LogP contribution in [0.2, 0.25) is 0 Å². The molecule has 0 unspecified atom stereocenters. The summed E-state index contributed by atoms with van der Waals surface area (Å²) in [7, 11) is 0. The Bertz CT molecular complexity index is 593. The van der Waals surface area contributed by atoms with Gasteiger partial charge in [0, 0.05) is 5.41 Å². The highest BCUT2D eigenvalue weighted by atomic mass is 16.6. The van der Waals surface area contributed by atoms with Crippen LogP contribution in [0.4, 0.5) is 4.79 Å². The third kappa shape index (κ3) is 5.26. The van der Waals surface area contributed by atoms with Crippen LogP contribution < -0.4 is 5.32 Å². The Labute approximate surface area is 141 Å². The quantitative estimate of drug-likeness (QED) is 0.773. The molecule has 1 aromatic rings. The van der Waals surface area contributed by atoms with Gasteiger partial charge < -0.3 is 19.9 Å². The van der Waals surface area contributed by atoms with Gasteiger partial charge in [0.25, 0.3) is 0 Å². The highest BCUT2D eigenvalue weighted by Crippen LogP contribution is 2.33. The van der Waals surface area contributed by atoms with E-state index in [1.807, 2.05) is 18.2 Å². The first-order valence-corrected chi connectivity index (χ1v) is 7.46. The lowest BCUT2D eigenvalue weighted by atomic mass is 9.77. The third-order valence-corrected chi connectivity index (χ3v) is 3.75. The summed E-state index contributed by atoms with van der Waals surface area (Å²) < 4.78 is 10.0. The Morgan fingerprint density at radius 3 is 2.17 bits per heavy atom. The number of amides is 1. The maximum atomic E-state index is 11.8. The van der Waals surface area contributed by atoms with E-state index in [9.17, 15) is 19.5 Å². The molecule has 0 aromatic heterocycles. The summed E-state index contributed by atoms with van der Waals surface area (Å²) in [4.78, 5) is 34.8. The molecule has 0 fully saturated rings. The number of carbonyl (C=O) groups is 3. The van der Waals surface area contributed by atoms with E-state index in [2.05, 4.69) is 5.32 Å². The Hall–Kier alpha value is -2.57. The zero-order valence-electron chi connectivity index (χ0n) is 14.3. The highest BCUT2D eigenvalue weighted by Gasteiger charge is 2.48. The molecule has 0 saturated heterocycles. The molecule has 0 saturated carbocycles. The van der Waals surface area contributed by atoms with Crippen LogP contribution in [0.25, 0.3) is 0 Å². The van der Waals surface area contributed by atoms with Crippen LogP contribution in [0, 0.1) is 5.41 Å². The van der Waals surface area contributed by atoms with Crippen molar-refractivity contribution in [2.24, 2.45) is 5.41 Å². The minimum Gasteiger partial charge on any atom is -0.478 e. The van der Waals surface area contributed by atoms with Crippen LogP contribution in [-0.4, -0.2) is 35.3 Å². The van der Waals surface area contributed by atoms with E-state index in [-0.39, 0.29) is 6.61 Å². The van der Waals surface area contributed by atoms with E-state index < -0.39 is 35.6 Å². The third-order valence-electron chi connectivity index (χ3n) is 3.75.